The predicted octanol–water partition coefficient (Wildman–Crippen LogP) is 1.88. The maximum atomic E-state index is 11.7. The fourth-order valence-corrected chi connectivity index (χ4v) is 2.91. The topological polar surface area (TPSA) is 63.9 Å². The van der Waals surface area contributed by atoms with Crippen LogP contribution >= 0.6 is 11.6 Å². The molecule has 1 fully saturated rings. The Kier molecular flexibility index (Phi) is 3.56. The minimum atomic E-state index is 0.124. The van der Waals surface area contributed by atoms with Gasteiger partial charge in [-0.2, -0.15) is 10.1 Å². The molecule has 0 bridgehead atoms. The molecule has 0 aliphatic carbocycles. The van der Waals surface area contributed by atoms with E-state index in [0.717, 1.165) is 36.8 Å². The van der Waals surface area contributed by atoms with Crippen molar-refractivity contribution in [2.75, 3.05) is 6.54 Å². The summed E-state index contributed by atoms with van der Waals surface area (Å²) in [6.45, 7) is 3.10. The van der Waals surface area contributed by atoms with Crippen LogP contribution in [0.3, 0.4) is 0 Å². The standard InChI is InChI=1S/C13H16ClN5O/c1-9(20)18-5-3-2-4-11(18)8-19-12-10(7-16-19)6-15-13(14)17-12/h6-7,11H,2-5,8H2,1H3. The molecule has 0 N–H and O–H groups in total. The summed E-state index contributed by atoms with van der Waals surface area (Å²) in [5, 5.41) is 5.42. The lowest BCUT2D eigenvalue weighted by atomic mass is 10.0. The molecule has 1 aliphatic heterocycles. The van der Waals surface area contributed by atoms with Gasteiger partial charge in [-0.1, -0.05) is 0 Å². The summed E-state index contributed by atoms with van der Waals surface area (Å²) in [5.74, 6) is 0.124. The van der Waals surface area contributed by atoms with Crippen molar-refractivity contribution < 1.29 is 4.79 Å². The van der Waals surface area contributed by atoms with Crippen LogP contribution in [-0.2, 0) is 11.3 Å². The van der Waals surface area contributed by atoms with E-state index in [1.165, 1.54) is 0 Å². The van der Waals surface area contributed by atoms with E-state index in [-0.39, 0.29) is 17.2 Å². The first-order chi connectivity index (χ1) is 9.65. The second kappa shape index (κ2) is 5.36. The maximum Gasteiger partial charge on any atom is 0.224 e. The highest BCUT2D eigenvalue weighted by Gasteiger charge is 2.25. The molecule has 0 saturated carbocycles. The van der Waals surface area contributed by atoms with E-state index < -0.39 is 0 Å². The highest BCUT2D eigenvalue weighted by molar-refractivity contribution is 6.28. The van der Waals surface area contributed by atoms with Crippen LogP contribution < -0.4 is 0 Å². The molecule has 1 aliphatic rings. The molecule has 3 rings (SSSR count). The Morgan fingerprint density at radius 2 is 2.30 bits per heavy atom. The van der Waals surface area contributed by atoms with Gasteiger partial charge in [-0.15, -0.1) is 0 Å². The van der Waals surface area contributed by atoms with E-state index in [2.05, 4.69) is 15.1 Å². The Balaban J connectivity index is 1.88. The van der Waals surface area contributed by atoms with E-state index in [1.807, 2.05) is 9.58 Å². The highest BCUT2D eigenvalue weighted by Crippen LogP contribution is 2.20. The Morgan fingerprint density at radius 3 is 3.10 bits per heavy atom. The zero-order chi connectivity index (χ0) is 14.1. The highest BCUT2D eigenvalue weighted by atomic mass is 35.5. The lowest BCUT2D eigenvalue weighted by Gasteiger charge is -2.35. The first kappa shape index (κ1) is 13.3. The number of hydrogen-bond acceptors (Lipinski definition) is 4. The smallest absolute Gasteiger partial charge is 0.224 e. The summed E-state index contributed by atoms with van der Waals surface area (Å²) in [6.07, 6.45) is 6.61. The first-order valence-corrected chi connectivity index (χ1v) is 7.14. The first-order valence-electron chi connectivity index (χ1n) is 6.76. The molecule has 1 saturated heterocycles. The van der Waals surface area contributed by atoms with E-state index >= 15 is 0 Å². The predicted molar refractivity (Wildman–Crippen MR) is 75.4 cm³/mol. The number of rotatable bonds is 2. The summed E-state index contributed by atoms with van der Waals surface area (Å²) in [7, 11) is 0. The van der Waals surface area contributed by atoms with Gasteiger partial charge in [0.25, 0.3) is 0 Å². The van der Waals surface area contributed by atoms with Crippen molar-refractivity contribution in [1.29, 1.82) is 0 Å². The summed E-state index contributed by atoms with van der Waals surface area (Å²) < 4.78 is 1.81. The third-order valence-electron chi connectivity index (χ3n) is 3.76. The number of carbonyl (C=O) groups is 1. The van der Waals surface area contributed by atoms with Gasteiger partial charge in [-0.25, -0.2) is 9.67 Å². The summed E-state index contributed by atoms with van der Waals surface area (Å²) in [5.41, 5.74) is 0.721. The molecule has 7 heteroatoms. The average Bonchev–Trinajstić information content (AvgIpc) is 2.82. The Morgan fingerprint density at radius 1 is 1.45 bits per heavy atom. The third-order valence-corrected chi connectivity index (χ3v) is 3.94. The minimum absolute atomic E-state index is 0.124. The van der Waals surface area contributed by atoms with Crippen molar-refractivity contribution in [1.82, 2.24) is 24.6 Å². The molecule has 106 valence electrons. The van der Waals surface area contributed by atoms with Crippen LogP contribution in [-0.4, -0.2) is 43.1 Å². The number of likely N-dealkylation sites (tertiary alicyclic amines) is 1. The minimum Gasteiger partial charge on any atom is -0.338 e. The molecule has 20 heavy (non-hydrogen) atoms. The zero-order valence-corrected chi connectivity index (χ0v) is 12.0. The van der Waals surface area contributed by atoms with Crippen LogP contribution in [0.5, 0.6) is 0 Å². The van der Waals surface area contributed by atoms with E-state index in [4.69, 9.17) is 11.6 Å². The lowest BCUT2D eigenvalue weighted by molar-refractivity contribution is -0.132. The Hall–Kier alpha value is -1.69. The second-order valence-electron chi connectivity index (χ2n) is 5.11. The Labute approximate surface area is 121 Å². The van der Waals surface area contributed by atoms with Crippen molar-refractivity contribution >= 4 is 28.5 Å². The summed E-state index contributed by atoms with van der Waals surface area (Å²) >= 11 is 5.84. The lowest BCUT2D eigenvalue weighted by Crippen LogP contribution is -2.44. The molecule has 0 radical (unpaired) electrons. The van der Waals surface area contributed by atoms with Crippen molar-refractivity contribution in [2.45, 2.75) is 38.8 Å². The van der Waals surface area contributed by atoms with Crippen molar-refractivity contribution in [3.8, 4) is 0 Å². The molecule has 1 amide bonds. The molecule has 1 atom stereocenters. The number of piperidine rings is 1. The number of fused-ring (bicyclic) bond motifs is 1. The van der Waals surface area contributed by atoms with Crippen LogP contribution in [0.4, 0.5) is 0 Å². The molecule has 0 spiro atoms. The quantitative estimate of drug-likeness (QED) is 0.793. The van der Waals surface area contributed by atoms with Gasteiger partial charge in [0.1, 0.15) is 0 Å². The fraction of sp³-hybridized carbons (Fsp3) is 0.538. The van der Waals surface area contributed by atoms with Crippen LogP contribution in [0.1, 0.15) is 26.2 Å². The molecule has 0 aromatic carbocycles. The van der Waals surface area contributed by atoms with Crippen LogP contribution in [0, 0.1) is 0 Å². The van der Waals surface area contributed by atoms with Crippen LogP contribution in [0.25, 0.3) is 11.0 Å². The monoisotopic (exact) mass is 293 g/mol. The molecule has 2 aromatic rings. The van der Waals surface area contributed by atoms with Crippen LogP contribution in [0.15, 0.2) is 12.4 Å². The van der Waals surface area contributed by atoms with Crippen LogP contribution in [0.2, 0.25) is 5.28 Å². The summed E-state index contributed by atoms with van der Waals surface area (Å²) in [6, 6.07) is 0.179. The van der Waals surface area contributed by atoms with Gasteiger partial charge in [0.15, 0.2) is 5.65 Å². The van der Waals surface area contributed by atoms with E-state index in [1.54, 1.807) is 19.3 Å². The number of aromatic nitrogens is 4. The average molecular weight is 294 g/mol. The number of hydrogen-bond donors (Lipinski definition) is 0. The fourth-order valence-electron chi connectivity index (χ4n) is 2.78. The molecular formula is C13H16ClN5O. The second-order valence-corrected chi connectivity index (χ2v) is 5.44. The van der Waals surface area contributed by atoms with Gasteiger partial charge < -0.3 is 4.90 Å². The summed E-state index contributed by atoms with van der Waals surface area (Å²) in [4.78, 5) is 21.8. The maximum absolute atomic E-state index is 11.7. The molecular weight excluding hydrogens is 278 g/mol. The number of nitrogens with zero attached hydrogens (tertiary/aromatic N) is 5. The van der Waals surface area contributed by atoms with Gasteiger partial charge in [0.05, 0.1) is 24.2 Å². The SMILES string of the molecule is CC(=O)N1CCCCC1Cn1ncc2cnc(Cl)nc21. The number of amides is 1. The molecule has 2 aromatic heterocycles. The molecule has 6 nitrogen and oxygen atoms in total. The van der Waals surface area contributed by atoms with E-state index in [9.17, 15) is 4.79 Å². The zero-order valence-electron chi connectivity index (χ0n) is 11.3. The molecule has 3 heterocycles. The van der Waals surface area contributed by atoms with Gasteiger partial charge in [-0.3, -0.25) is 4.79 Å². The Bertz CT molecular complexity index is 641. The number of halogens is 1. The third kappa shape index (κ3) is 2.47. The van der Waals surface area contributed by atoms with Gasteiger partial charge in [0, 0.05) is 19.7 Å². The van der Waals surface area contributed by atoms with Crippen molar-refractivity contribution in [2.24, 2.45) is 0 Å². The van der Waals surface area contributed by atoms with Crippen molar-refractivity contribution in [3.05, 3.63) is 17.7 Å². The normalized spacial score (nSPS) is 19.5. The largest absolute Gasteiger partial charge is 0.338 e. The van der Waals surface area contributed by atoms with Gasteiger partial charge in [0.2, 0.25) is 11.2 Å². The van der Waals surface area contributed by atoms with Gasteiger partial charge >= 0.3 is 0 Å². The van der Waals surface area contributed by atoms with E-state index in [0.29, 0.717) is 6.54 Å². The number of carbonyl (C=O) groups excluding carboxylic acids is 1. The van der Waals surface area contributed by atoms with Gasteiger partial charge in [-0.05, 0) is 30.9 Å². The van der Waals surface area contributed by atoms with Crippen molar-refractivity contribution in [3.63, 3.8) is 0 Å². The molecule has 1 unspecified atom stereocenters.